The first-order chi connectivity index (χ1) is 8.11. The van der Waals surface area contributed by atoms with E-state index in [4.69, 9.17) is 0 Å². The summed E-state index contributed by atoms with van der Waals surface area (Å²) in [5.41, 5.74) is 0. The maximum Gasteiger partial charge on any atom is 0.239 e. The monoisotopic (exact) mass is 241 g/mol. The van der Waals surface area contributed by atoms with Crippen LogP contribution in [0.1, 0.15) is 32.6 Å². The van der Waals surface area contributed by atoms with Gasteiger partial charge in [-0.1, -0.05) is 12.8 Å². The van der Waals surface area contributed by atoms with Crippen molar-refractivity contribution >= 4 is 5.91 Å². The van der Waals surface area contributed by atoms with Gasteiger partial charge in [-0.3, -0.25) is 4.79 Å². The fourth-order valence-corrected chi connectivity index (χ4v) is 2.16. The van der Waals surface area contributed by atoms with Gasteiger partial charge in [0.2, 0.25) is 5.91 Å². The molecule has 1 aliphatic rings. The van der Waals surface area contributed by atoms with Crippen molar-refractivity contribution in [1.82, 2.24) is 15.1 Å². The molecule has 0 saturated carbocycles. The summed E-state index contributed by atoms with van der Waals surface area (Å²) in [6.45, 7) is 5.70. The SMILES string of the molecule is CC(NCCN(C)C)C(=O)N1CCCCCC1. The minimum Gasteiger partial charge on any atom is -0.341 e. The van der Waals surface area contributed by atoms with E-state index in [-0.39, 0.29) is 11.9 Å². The van der Waals surface area contributed by atoms with Gasteiger partial charge in [0.1, 0.15) is 0 Å². The van der Waals surface area contributed by atoms with Crippen molar-refractivity contribution in [3.63, 3.8) is 0 Å². The minimum absolute atomic E-state index is 0.0481. The Balaban J connectivity index is 2.29. The third kappa shape index (κ3) is 5.50. The van der Waals surface area contributed by atoms with E-state index < -0.39 is 0 Å². The molecule has 1 N–H and O–H groups in total. The standard InChI is InChI=1S/C13H27N3O/c1-12(14-8-11-15(2)3)13(17)16-9-6-4-5-7-10-16/h12,14H,4-11H2,1-3H3. The molecule has 1 fully saturated rings. The van der Waals surface area contributed by atoms with Crippen LogP contribution >= 0.6 is 0 Å². The van der Waals surface area contributed by atoms with E-state index >= 15 is 0 Å². The van der Waals surface area contributed by atoms with E-state index in [1.165, 1.54) is 12.8 Å². The van der Waals surface area contributed by atoms with Crippen LogP contribution in [0.2, 0.25) is 0 Å². The van der Waals surface area contributed by atoms with Crippen LogP contribution in [0.4, 0.5) is 0 Å². The maximum atomic E-state index is 12.2. The molecule has 1 unspecified atom stereocenters. The second-order valence-electron chi connectivity index (χ2n) is 5.22. The Kier molecular flexibility index (Phi) is 6.52. The van der Waals surface area contributed by atoms with Gasteiger partial charge in [-0.25, -0.2) is 0 Å². The summed E-state index contributed by atoms with van der Waals surface area (Å²) >= 11 is 0. The molecule has 4 nitrogen and oxygen atoms in total. The Morgan fingerprint density at radius 3 is 2.35 bits per heavy atom. The Morgan fingerprint density at radius 1 is 1.24 bits per heavy atom. The van der Waals surface area contributed by atoms with Crippen LogP contribution in [0.15, 0.2) is 0 Å². The van der Waals surface area contributed by atoms with Gasteiger partial charge in [-0.2, -0.15) is 0 Å². The summed E-state index contributed by atoms with van der Waals surface area (Å²) in [4.78, 5) is 16.3. The second kappa shape index (κ2) is 7.67. The van der Waals surface area contributed by atoms with Gasteiger partial charge in [0.25, 0.3) is 0 Å². The number of carbonyl (C=O) groups is 1. The van der Waals surface area contributed by atoms with E-state index in [0.717, 1.165) is 39.0 Å². The highest BCUT2D eigenvalue weighted by Crippen LogP contribution is 2.10. The normalized spacial score (nSPS) is 19.2. The first-order valence-electron chi connectivity index (χ1n) is 6.78. The molecule has 100 valence electrons. The molecule has 0 aliphatic carbocycles. The zero-order chi connectivity index (χ0) is 12.7. The van der Waals surface area contributed by atoms with Gasteiger partial charge in [0, 0.05) is 26.2 Å². The number of amides is 1. The lowest BCUT2D eigenvalue weighted by atomic mass is 10.2. The molecule has 0 spiro atoms. The molecule has 1 aliphatic heterocycles. The predicted molar refractivity (Wildman–Crippen MR) is 71.1 cm³/mol. The van der Waals surface area contributed by atoms with E-state index in [0.29, 0.717) is 0 Å². The summed E-state index contributed by atoms with van der Waals surface area (Å²) in [5.74, 6) is 0.269. The molecular formula is C13H27N3O. The summed E-state index contributed by atoms with van der Waals surface area (Å²) in [6, 6.07) is -0.0481. The molecule has 1 atom stereocenters. The number of carbonyl (C=O) groups excluding carboxylic acids is 1. The molecule has 4 heteroatoms. The molecule has 17 heavy (non-hydrogen) atoms. The van der Waals surface area contributed by atoms with Crippen LogP contribution in [-0.2, 0) is 4.79 Å². The van der Waals surface area contributed by atoms with Crippen LogP contribution in [0.3, 0.4) is 0 Å². The quantitative estimate of drug-likeness (QED) is 0.778. The number of rotatable bonds is 5. The Bertz CT molecular complexity index is 223. The smallest absolute Gasteiger partial charge is 0.239 e. The van der Waals surface area contributed by atoms with E-state index in [1.807, 2.05) is 25.9 Å². The van der Waals surface area contributed by atoms with Crippen LogP contribution in [0.5, 0.6) is 0 Å². The zero-order valence-corrected chi connectivity index (χ0v) is 11.5. The summed E-state index contributed by atoms with van der Waals surface area (Å²) in [6.07, 6.45) is 4.87. The molecule has 1 amide bonds. The highest BCUT2D eigenvalue weighted by molar-refractivity contribution is 5.81. The van der Waals surface area contributed by atoms with Crippen molar-refractivity contribution in [1.29, 1.82) is 0 Å². The molecule has 1 heterocycles. The number of likely N-dealkylation sites (tertiary alicyclic amines) is 1. The molecular weight excluding hydrogens is 214 g/mol. The lowest BCUT2D eigenvalue weighted by molar-refractivity contribution is -0.133. The summed E-state index contributed by atoms with van der Waals surface area (Å²) in [7, 11) is 4.09. The van der Waals surface area contributed by atoms with Gasteiger partial charge in [-0.15, -0.1) is 0 Å². The number of hydrogen-bond acceptors (Lipinski definition) is 3. The number of nitrogens with zero attached hydrogens (tertiary/aromatic N) is 2. The summed E-state index contributed by atoms with van der Waals surface area (Å²) in [5, 5.41) is 3.30. The average Bonchev–Trinajstić information content (AvgIpc) is 2.55. The molecule has 1 rings (SSSR count). The predicted octanol–water partition coefficient (Wildman–Crippen LogP) is 0.929. The fraction of sp³-hybridized carbons (Fsp3) is 0.923. The second-order valence-corrected chi connectivity index (χ2v) is 5.22. The van der Waals surface area contributed by atoms with Crippen LogP contribution in [0, 0.1) is 0 Å². The van der Waals surface area contributed by atoms with Crippen LogP contribution < -0.4 is 5.32 Å². The van der Waals surface area contributed by atoms with Crippen molar-refractivity contribution in [3.05, 3.63) is 0 Å². The van der Waals surface area contributed by atoms with Gasteiger partial charge in [0.15, 0.2) is 0 Å². The minimum atomic E-state index is -0.0481. The van der Waals surface area contributed by atoms with Gasteiger partial charge >= 0.3 is 0 Å². The van der Waals surface area contributed by atoms with E-state index in [1.54, 1.807) is 0 Å². The first-order valence-corrected chi connectivity index (χ1v) is 6.78. The number of hydrogen-bond donors (Lipinski definition) is 1. The summed E-state index contributed by atoms with van der Waals surface area (Å²) < 4.78 is 0. The van der Waals surface area contributed by atoms with Crippen molar-refractivity contribution in [2.24, 2.45) is 0 Å². The largest absolute Gasteiger partial charge is 0.341 e. The Hall–Kier alpha value is -0.610. The molecule has 0 aromatic rings. The van der Waals surface area contributed by atoms with E-state index in [2.05, 4.69) is 10.2 Å². The third-order valence-corrected chi connectivity index (χ3v) is 3.30. The molecule has 0 aromatic heterocycles. The first kappa shape index (κ1) is 14.5. The highest BCUT2D eigenvalue weighted by Gasteiger charge is 2.20. The number of likely N-dealkylation sites (N-methyl/N-ethyl adjacent to an activating group) is 1. The number of nitrogens with one attached hydrogen (secondary N) is 1. The van der Waals surface area contributed by atoms with Crippen molar-refractivity contribution in [2.75, 3.05) is 40.3 Å². The molecule has 0 radical (unpaired) electrons. The van der Waals surface area contributed by atoms with Crippen molar-refractivity contribution in [3.8, 4) is 0 Å². The van der Waals surface area contributed by atoms with Crippen LogP contribution in [0.25, 0.3) is 0 Å². The third-order valence-electron chi connectivity index (χ3n) is 3.30. The highest BCUT2D eigenvalue weighted by atomic mass is 16.2. The lowest BCUT2D eigenvalue weighted by Gasteiger charge is -2.25. The van der Waals surface area contributed by atoms with E-state index in [9.17, 15) is 4.79 Å². The average molecular weight is 241 g/mol. The van der Waals surface area contributed by atoms with Gasteiger partial charge in [0.05, 0.1) is 6.04 Å². The van der Waals surface area contributed by atoms with Crippen LogP contribution in [-0.4, -0.2) is 62.0 Å². The Morgan fingerprint density at radius 2 is 1.82 bits per heavy atom. The van der Waals surface area contributed by atoms with Gasteiger partial charge < -0.3 is 15.1 Å². The van der Waals surface area contributed by atoms with Crippen molar-refractivity contribution in [2.45, 2.75) is 38.6 Å². The van der Waals surface area contributed by atoms with Gasteiger partial charge in [-0.05, 0) is 33.9 Å². The molecule has 0 aromatic carbocycles. The molecule has 1 saturated heterocycles. The van der Waals surface area contributed by atoms with Crippen molar-refractivity contribution < 1.29 is 4.79 Å². The lowest BCUT2D eigenvalue weighted by Crippen LogP contribution is -2.46. The topological polar surface area (TPSA) is 35.6 Å². The maximum absolute atomic E-state index is 12.2. The fourth-order valence-electron chi connectivity index (χ4n) is 2.16. The Labute approximate surface area is 105 Å². The molecule has 0 bridgehead atoms. The zero-order valence-electron chi connectivity index (χ0n) is 11.5.